The number of amides is 2. The van der Waals surface area contributed by atoms with E-state index in [9.17, 15) is 18.0 Å². The van der Waals surface area contributed by atoms with Gasteiger partial charge in [-0.3, -0.25) is 0 Å². The fourth-order valence-corrected chi connectivity index (χ4v) is 12.4. The normalized spacial score (nSPS) is 13.4. The molecule has 1 aliphatic heterocycles. The van der Waals surface area contributed by atoms with E-state index in [0.717, 1.165) is 26.1 Å². The number of rotatable bonds is 7. The summed E-state index contributed by atoms with van der Waals surface area (Å²) in [6, 6.07) is 48.4. The minimum absolute atomic E-state index is 0.0456. The summed E-state index contributed by atoms with van der Waals surface area (Å²) in [4.78, 5) is 29.0. The van der Waals surface area contributed by atoms with Crippen molar-refractivity contribution in [2.24, 2.45) is 0 Å². The van der Waals surface area contributed by atoms with E-state index in [1.165, 1.54) is 48.5 Å². The van der Waals surface area contributed by atoms with Crippen LogP contribution in [0.4, 0.5) is 11.4 Å². The van der Waals surface area contributed by atoms with Gasteiger partial charge in [0.15, 0.2) is 0 Å². The van der Waals surface area contributed by atoms with Crippen LogP contribution in [0.15, 0.2) is 168 Å². The Morgan fingerprint density at radius 3 is 1.39 bits per heavy atom. The van der Waals surface area contributed by atoms with E-state index in [1.807, 2.05) is 66.7 Å². The van der Waals surface area contributed by atoms with E-state index in [0.29, 0.717) is 22.5 Å². The van der Waals surface area contributed by atoms with Gasteiger partial charge in [0.1, 0.15) is 0 Å². The Morgan fingerprint density at radius 1 is 0.478 bits per heavy atom. The number of sulfone groups is 1. The van der Waals surface area contributed by atoms with Crippen molar-refractivity contribution in [2.45, 2.75) is 9.79 Å². The van der Waals surface area contributed by atoms with E-state index < -0.39 is 28.9 Å². The van der Waals surface area contributed by atoms with Crippen molar-refractivity contribution >= 4 is 61.5 Å². The zero-order valence-electron chi connectivity index (χ0n) is 24.6. The smallest absolute Gasteiger partial charge is 0.0379 e. The number of fused-ring (bicyclic) bond motifs is 1. The van der Waals surface area contributed by atoms with Crippen LogP contribution in [0.25, 0.3) is 0 Å². The molecule has 6 nitrogen and oxygen atoms in total. The van der Waals surface area contributed by atoms with Gasteiger partial charge >= 0.3 is 245 Å². The first-order chi connectivity index (χ1) is 22.3. The number of carbonyl (C=O) groups is 2. The van der Waals surface area contributed by atoms with Crippen LogP contribution < -0.4 is 31.9 Å². The molecule has 0 bridgehead atoms. The summed E-state index contributed by atoms with van der Waals surface area (Å²) < 4.78 is 26.4. The SMILES string of the molecule is Nc1ccc(S(=O)(=O)c2ccc(N3C(=O)c4ccc([PH](c5ccccc5)(c5ccccc5)c5ccccc5)cc4C3=O)cc2)cc1. The van der Waals surface area contributed by atoms with E-state index in [-0.39, 0.29) is 9.79 Å². The molecule has 0 aromatic heterocycles. The first-order valence-electron chi connectivity index (χ1n) is 14.7. The number of hydrogen-bond donors (Lipinski definition) is 1. The Bertz CT molecular complexity index is 2090. The van der Waals surface area contributed by atoms with Gasteiger partial charge in [-0.1, -0.05) is 0 Å². The monoisotopic (exact) mass is 640 g/mol. The van der Waals surface area contributed by atoms with Crippen LogP contribution in [0.5, 0.6) is 0 Å². The van der Waals surface area contributed by atoms with Gasteiger partial charge < -0.3 is 5.73 Å². The standard InChI is InChI=1S/C38H29N2O4PS/c39-27-16-21-33(22-17-27)46(43,44)34-23-18-28(19-24-34)40-37(41)35-25-20-32(26-36(35)38(40)42)45(29-10-4-1-5-11-29,30-12-6-2-7-13-30)31-14-8-3-9-15-31/h1-26,45H,39H2. The summed E-state index contributed by atoms with van der Waals surface area (Å²) >= 11 is 0. The van der Waals surface area contributed by atoms with Crippen LogP contribution >= 0.6 is 7.26 Å². The molecular weight excluding hydrogens is 611 g/mol. The maximum atomic E-state index is 14.0. The molecule has 6 aromatic carbocycles. The molecule has 0 spiro atoms. The summed E-state index contributed by atoms with van der Waals surface area (Å²) in [6.07, 6.45) is 0. The molecule has 0 unspecified atom stereocenters. The van der Waals surface area contributed by atoms with Crippen molar-refractivity contribution in [1.29, 1.82) is 0 Å². The summed E-state index contributed by atoms with van der Waals surface area (Å²) in [5, 5.41) is 4.43. The number of nitrogens with two attached hydrogens (primary N) is 1. The number of nitrogens with zero attached hydrogens (tertiary/aromatic N) is 1. The zero-order valence-corrected chi connectivity index (χ0v) is 26.4. The van der Waals surface area contributed by atoms with Gasteiger partial charge in [0.2, 0.25) is 0 Å². The fourth-order valence-electron chi connectivity index (χ4n) is 6.33. The summed E-state index contributed by atoms with van der Waals surface area (Å²) in [6.45, 7) is 0. The van der Waals surface area contributed by atoms with Crippen molar-refractivity contribution in [2.75, 3.05) is 10.6 Å². The molecule has 0 saturated carbocycles. The Kier molecular flexibility index (Phi) is 7.36. The molecule has 2 amide bonds. The van der Waals surface area contributed by atoms with Crippen LogP contribution in [0.1, 0.15) is 20.7 Å². The van der Waals surface area contributed by atoms with Crippen LogP contribution in [0.3, 0.4) is 0 Å². The van der Waals surface area contributed by atoms with Gasteiger partial charge in [-0.05, 0) is 12.1 Å². The van der Waals surface area contributed by atoms with Crippen LogP contribution in [0, 0.1) is 0 Å². The van der Waals surface area contributed by atoms with E-state index >= 15 is 0 Å². The van der Waals surface area contributed by atoms with E-state index in [1.54, 1.807) is 6.07 Å². The fraction of sp³-hybridized carbons (Fsp3) is 0. The molecule has 46 heavy (non-hydrogen) atoms. The van der Waals surface area contributed by atoms with Gasteiger partial charge in [0, 0.05) is 5.69 Å². The number of imide groups is 1. The average Bonchev–Trinajstić information content (AvgIpc) is 3.35. The molecule has 6 aromatic rings. The summed E-state index contributed by atoms with van der Waals surface area (Å²) in [5.74, 6) is -0.903. The Morgan fingerprint density at radius 2 is 0.913 bits per heavy atom. The molecule has 8 heteroatoms. The zero-order chi connectivity index (χ0) is 31.9. The molecule has 0 atom stereocenters. The van der Waals surface area contributed by atoms with Crippen molar-refractivity contribution in [3.63, 3.8) is 0 Å². The van der Waals surface area contributed by atoms with Gasteiger partial charge in [0.25, 0.3) is 0 Å². The third-order valence-electron chi connectivity index (χ3n) is 8.54. The molecule has 0 aliphatic carbocycles. The van der Waals surface area contributed by atoms with Gasteiger partial charge in [0.05, 0.1) is 0 Å². The molecule has 226 valence electrons. The molecule has 1 aliphatic rings. The van der Waals surface area contributed by atoms with Gasteiger partial charge in [-0.25, -0.2) is 0 Å². The van der Waals surface area contributed by atoms with Crippen molar-refractivity contribution in [3.8, 4) is 0 Å². The molecule has 1 heterocycles. The number of nitrogen functional groups attached to an aromatic ring is 1. The van der Waals surface area contributed by atoms with Crippen LogP contribution in [-0.2, 0) is 9.84 Å². The minimum Gasteiger partial charge on any atom is -0.0379 e. The Hall–Kier alpha value is -5.36. The van der Waals surface area contributed by atoms with E-state index in [4.69, 9.17) is 5.73 Å². The number of hydrogen-bond acceptors (Lipinski definition) is 5. The van der Waals surface area contributed by atoms with Gasteiger partial charge in [-0.15, -0.1) is 0 Å². The molecular formula is C38H29N2O4PS. The average molecular weight is 641 g/mol. The molecule has 0 radical (unpaired) electrons. The first kappa shape index (κ1) is 29.4. The topological polar surface area (TPSA) is 97.5 Å². The number of carbonyl (C=O) groups excluding carboxylic acids is 2. The molecule has 7 rings (SSSR count). The summed E-state index contributed by atoms with van der Waals surface area (Å²) in [7, 11) is -6.73. The predicted molar refractivity (Wildman–Crippen MR) is 187 cm³/mol. The number of anilines is 2. The van der Waals surface area contributed by atoms with Crippen molar-refractivity contribution < 1.29 is 18.0 Å². The van der Waals surface area contributed by atoms with Crippen molar-refractivity contribution in [1.82, 2.24) is 0 Å². The Balaban J connectivity index is 1.32. The quantitative estimate of drug-likeness (QED) is 0.146. The predicted octanol–water partition coefficient (Wildman–Crippen LogP) is 5.25. The van der Waals surface area contributed by atoms with Gasteiger partial charge in [-0.2, -0.15) is 0 Å². The second-order valence-electron chi connectivity index (χ2n) is 11.1. The second-order valence-corrected chi connectivity index (χ2v) is 16.9. The maximum absolute atomic E-state index is 14.0. The Labute approximate surface area is 268 Å². The third kappa shape index (κ3) is 4.72. The number of benzene rings is 6. The van der Waals surface area contributed by atoms with E-state index in [2.05, 4.69) is 36.4 Å². The van der Waals surface area contributed by atoms with Crippen molar-refractivity contribution in [3.05, 3.63) is 169 Å². The van der Waals surface area contributed by atoms with Crippen LogP contribution in [-0.4, -0.2) is 20.2 Å². The molecule has 2 N–H and O–H groups in total. The second kappa shape index (κ2) is 11.5. The minimum atomic E-state index is -3.82. The summed E-state index contributed by atoms with van der Waals surface area (Å²) in [5.41, 5.74) is 7.10. The third-order valence-corrected chi connectivity index (χ3v) is 15.1. The van der Waals surface area contributed by atoms with Crippen LogP contribution in [0.2, 0.25) is 0 Å². The first-order valence-corrected chi connectivity index (χ1v) is 18.2. The molecule has 0 saturated heterocycles. The molecule has 0 fully saturated rings.